The maximum Gasteiger partial charge on any atom is 0.222 e. The van der Waals surface area contributed by atoms with E-state index in [-0.39, 0.29) is 11.8 Å². The third kappa shape index (κ3) is 3.80. The van der Waals surface area contributed by atoms with Gasteiger partial charge in [-0.15, -0.1) is 0 Å². The van der Waals surface area contributed by atoms with E-state index in [0.29, 0.717) is 6.42 Å². The fraction of sp³-hybridized carbons (Fsp3) is 0.556. The Morgan fingerprint density at radius 3 is 2.83 bits per heavy atom. The van der Waals surface area contributed by atoms with E-state index in [1.807, 2.05) is 29.5 Å². The molecule has 0 N–H and O–H groups in total. The summed E-state index contributed by atoms with van der Waals surface area (Å²) in [6.07, 6.45) is 4.14. The van der Waals surface area contributed by atoms with E-state index in [1.165, 1.54) is 0 Å². The highest BCUT2D eigenvalue weighted by Crippen LogP contribution is 2.25. The van der Waals surface area contributed by atoms with Crippen molar-refractivity contribution in [1.82, 2.24) is 24.6 Å². The maximum atomic E-state index is 12.4. The van der Waals surface area contributed by atoms with Gasteiger partial charge >= 0.3 is 0 Å². The number of rotatable bonds is 5. The molecule has 0 aliphatic carbocycles. The SMILES string of the molecule is Cc1ccnc(C2CCN(C(=O)CCCn3nc(C)cc3C)C2)n1. The number of likely N-dealkylation sites (tertiary alicyclic amines) is 1. The van der Waals surface area contributed by atoms with Gasteiger partial charge in [-0.25, -0.2) is 9.97 Å². The van der Waals surface area contributed by atoms with Gasteiger partial charge in [-0.2, -0.15) is 5.10 Å². The number of carbonyl (C=O) groups is 1. The molecule has 1 amide bonds. The van der Waals surface area contributed by atoms with E-state index >= 15 is 0 Å². The number of aryl methyl sites for hydroxylation is 4. The molecule has 0 aromatic carbocycles. The fourth-order valence-electron chi connectivity index (χ4n) is 3.30. The third-order valence-corrected chi connectivity index (χ3v) is 4.58. The molecule has 1 saturated heterocycles. The molecule has 1 unspecified atom stereocenters. The minimum atomic E-state index is 0.228. The monoisotopic (exact) mass is 327 g/mol. The molecule has 0 bridgehead atoms. The second-order valence-corrected chi connectivity index (χ2v) is 6.64. The maximum absolute atomic E-state index is 12.4. The van der Waals surface area contributed by atoms with E-state index < -0.39 is 0 Å². The minimum absolute atomic E-state index is 0.228. The normalized spacial score (nSPS) is 17.5. The summed E-state index contributed by atoms with van der Waals surface area (Å²) >= 11 is 0. The van der Waals surface area contributed by atoms with E-state index in [9.17, 15) is 4.79 Å². The Bertz CT molecular complexity index is 724. The topological polar surface area (TPSA) is 63.9 Å². The van der Waals surface area contributed by atoms with Crippen LogP contribution in [0.3, 0.4) is 0 Å². The van der Waals surface area contributed by atoms with Crippen molar-refractivity contribution in [3.8, 4) is 0 Å². The van der Waals surface area contributed by atoms with Crippen LogP contribution in [0.15, 0.2) is 18.3 Å². The van der Waals surface area contributed by atoms with Crippen molar-refractivity contribution >= 4 is 5.91 Å². The zero-order valence-corrected chi connectivity index (χ0v) is 14.7. The number of nitrogens with zero attached hydrogens (tertiary/aromatic N) is 5. The van der Waals surface area contributed by atoms with Crippen LogP contribution in [0.25, 0.3) is 0 Å². The zero-order valence-electron chi connectivity index (χ0n) is 14.7. The Kier molecular flexibility index (Phi) is 4.92. The van der Waals surface area contributed by atoms with Crippen molar-refractivity contribution in [3.63, 3.8) is 0 Å². The van der Waals surface area contributed by atoms with Crippen molar-refractivity contribution in [2.75, 3.05) is 13.1 Å². The van der Waals surface area contributed by atoms with Gasteiger partial charge in [0.05, 0.1) is 5.69 Å². The Balaban J connectivity index is 1.49. The van der Waals surface area contributed by atoms with Crippen molar-refractivity contribution in [3.05, 3.63) is 41.2 Å². The summed E-state index contributed by atoms with van der Waals surface area (Å²) in [5, 5.41) is 4.44. The first-order valence-corrected chi connectivity index (χ1v) is 8.61. The van der Waals surface area contributed by atoms with Crippen LogP contribution >= 0.6 is 0 Å². The summed E-state index contributed by atoms with van der Waals surface area (Å²) in [7, 11) is 0. The highest BCUT2D eigenvalue weighted by atomic mass is 16.2. The van der Waals surface area contributed by atoms with Gasteiger partial charge in [-0.3, -0.25) is 9.48 Å². The minimum Gasteiger partial charge on any atom is -0.342 e. The first-order valence-electron chi connectivity index (χ1n) is 8.61. The molecule has 3 rings (SSSR count). The van der Waals surface area contributed by atoms with E-state index in [1.54, 1.807) is 6.20 Å². The van der Waals surface area contributed by atoms with E-state index in [0.717, 1.165) is 55.4 Å². The van der Waals surface area contributed by atoms with Crippen molar-refractivity contribution in [2.24, 2.45) is 0 Å². The summed E-state index contributed by atoms with van der Waals surface area (Å²) in [4.78, 5) is 23.3. The van der Waals surface area contributed by atoms with Crippen LogP contribution in [0.1, 0.15) is 48.1 Å². The van der Waals surface area contributed by atoms with Gasteiger partial charge in [0.25, 0.3) is 0 Å². The fourth-order valence-corrected chi connectivity index (χ4v) is 3.30. The van der Waals surface area contributed by atoms with Gasteiger partial charge in [0.2, 0.25) is 5.91 Å². The summed E-state index contributed by atoms with van der Waals surface area (Å²) in [5.41, 5.74) is 3.16. The lowest BCUT2D eigenvalue weighted by Crippen LogP contribution is -2.28. The molecule has 6 nitrogen and oxygen atoms in total. The average molecular weight is 327 g/mol. The Labute approximate surface area is 142 Å². The van der Waals surface area contributed by atoms with Gasteiger partial charge in [0, 0.05) is 49.6 Å². The van der Waals surface area contributed by atoms with Crippen molar-refractivity contribution in [2.45, 2.75) is 52.5 Å². The quantitative estimate of drug-likeness (QED) is 0.846. The molecule has 1 fully saturated rings. The molecule has 3 heterocycles. The number of carbonyl (C=O) groups excluding carboxylic acids is 1. The van der Waals surface area contributed by atoms with Gasteiger partial charge in [0.1, 0.15) is 5.82 Å². The summed E-state index contributed by atoms with van der Waals surface area (Å²) in [6.45, 7) is 8.36. The average Bonchev–Trinajstić information content (AvgIpc) is 3.14. The van der Waals surface area contributed by atoms with Crippen LogP contribution in [-0.2, 0) is 11.3 Å². The van der Waals surface area contributed by atoms with Gasteiger partial charge in [0.15, 0.2) is 0 Å². The molecule has 128 valence electrons. The molecule has 1 aliphatic heterocycles. The first-order chi connectivity index (χ1) is 11.5. The van der Waals surface area contributed by atoms with Gasteiger partial charge in [-0.1, -0.05) is 0 Å². The van der Waals surface area contributed by atoms with Crippen molar-refractivity contribution in [1.29, 1.82) is 0 Å². The zero-order chi connectivity index (χ0) is 17.1. The molecule has 0 spiro atoms. The molecule has 24 heavy (non-hydrogen) atoms. The molecular formula is C18H25N5O. The van der Waals surface area contributed by atoms with Gasteiger partial charge < -0.3 is 4.90 Å². The number of aromatic nitrogens is 4. The van der Waals surface area contributed by atoms with E-state index in [4.69, 9.17) is 0 Å². The van der Waals surface area contributed by atoms with Crippen LogP contribution in [0, 0.1) is 20.8 Å². The van der Waals surface area contributed by atoms with Crippen LogP contribution in [0.5, 0.6) is 0 Å². The van der Waals surface area contributed by atoms with Crippen LogP contribution in [-0.4, -0.2) is 43.6 Å². The van der Waals surface area contributed by atoms with Crippen LogP contribution in [0.2, 0.25) is 0 Å². The van der Waals surface area contributed by atoms with Crippen molar-refractivity contribution < 1.29 is 4.79 Å². The lowest BCUT2D eigenvalue weighted by molar-refractivity contribution is -0.130. The number of hydrogen-bond acceptors (Lipinski definition) is 4. The smallest absolute Gasteiger partial charge is 0.222 e. The lowest BCUT2D eigenvalue weighted by atomic mass is 10.1. The highest BCUT2D eigenvalue weighted by molar-refractivity contribution is 5.76. The predicted octanol–water partition coefficient (Wildman–Crippen LogP) is 2.39. The molecule has 0 radical (unpaired) electrons. The Hall–Kier alpha value is -2.24. The standard InChI is InChI=1S/C18H25N5O/c1-13-6-8-19-18(20-13)16-7-10-22(12-16)17(24)5-4-9-23-15(3)11-14(2)21-23/h6,8,11,16H,4-5,7,9-10,12H2,1-3H3. The summed E-state index contributed by atoms with van der Waals surface area (Å²) in [6, 6.07) is 3.97. The Morgan fingerprint density at radius 2 is 2.12 bits per heavy atom. The number of amides is 1. The Morgan fingerprint density at radius 1 is 1.29 bits per heavy atom. The largest absolute Gasteiger partial charge is 0.342 e. The van der Waals surface area contributed by atoms with Crippen LogP contribution < -0.4 is 0 Å². The second kappa shape index (κ2) is 7.11. The molecule has 6 heteroatoms. The molecule has 0 saturated carbocycles. The van der Waals surface area contributed by atoms with Gasteiger partial charge in [-0.05, 0) is 45.7 Å². The second-order valence-electron chi connectivity index (χ2n) is 6.64. The molecule has 1 aliphatic rings. The summed E-state index contributed by atoms with van der Waals surface area (Å²) < 4.78 is 1.98. The molecule has 2 aromatic heterocycles. The number of hydrogen-bond donors (Lipinski definition) is 0. The molecular weight excluding hydrogens is 302 g/mol. The highest BCUT2D eigenvalue weighted by Gasteiger charge is 2.28. The van der Waals surface area contributed by atoms with Crippen LogP contribution in [0.4, 0.5) is 0 Å². The molecule has 2 aromatic rings. The molecule has 1 atom stereocenters. The first kappa shape index (κ1) is 16.6. The van der Waals surface area contributed by atoms with E-state index in [2.05, 4.69) is 28.1 Å². The third-order valence-electron chi connectivity index (χ3n) is 4.58. The summed E-state index contributed by atoms with van der Waals surface area (Å²) in [5.74, 6) is 1.37. The lowest BCUT2D eigenvalue weighted by Gasteiger charge is -2.16. The predicted molar refractivity (Wildman–Crippen MR) is 91.6 cm³/mol.